The molecule has 146 valence electrons. The van der Waals surface area contributed by atoms with Crippen molar-refractivity contribution in [1.29, 1.82) is 0 Å². The average Bonchev–Trinajstić information content (AvgIpc) is 3.32. The lowest BCUT2D eigenvalue weighted by atomic mass is 10.2. The zero-order valence-corrected chi connectivity index (χ0v) is 18.1. The second-order valence-electron chi connectivity index (χ2n) is 6.04. The van der Waals surface area contributed by atoms with E-state index in [0.29, 0.717) is 27.2 Å². The molecule has 5 nitrogen and oxygen atoms in total. The third kappa shape index (κ3) is 5.22. The number of carbonyl (C=O) groups excluding carboxylic acids is 2. The van der Waals surface area contributed by atoms with Crippen molar-refractivity contribution in [1.82, 2.24) is 9.97 Å². The summed E-state index contributed by atoms with van der Waals surface area (Å²) in [4.78, 5) is 33.3. The average molecular weight is 460 g/mol. The Morgan fingerprint density at radius 2 is 1.93 bits per heavy atom. The lowest BCUT2D eigenvalue weighted by molar-refractivity contribution is -0.115. The highest BCUT2D eigenvalue weighted by molar-refractivity contribution is 8.01. The highest BCUT2D eigenvalue weighted by atomic mass is 35.5. The predicted molar refractivity (Wildman–Crippen MR) is 121 cm³/mol. The largest absolute Gasteiger partial charge is 0.302 e. The van der Waals surface area contributed by atoms with E-state index in [4.69, 9.17) is 11.6 Å². The zero-order valence-electron chi connectivity index (χ0n) is 14.9. The molecule has 2 aromatic heterocycles. The van der Waals surface area contributed by atoms with E-state index >= 15 is 0 Å². The van der Waals surface area contributed by atoms with Crippen LogP contribution in [0.2, 0.25) is 5.02 Å². The molecule has 4 aromatic rings. The summed E-state index contributed by atoms with van der Waals surface area (Å²) in [6.07, 6.45) is 0.153. The number of fused-ring (bicyclic) bond motifs is 1. The van der Waals surface area contributed by atoms with Crippen molar-refractivity contribution in [2.45, 2.75) is 10.8 Å². The van der Waals surface area contributed by atoms with Crippen molar-refractivity contribution in [3.05, 3.63) is 70.2 Å². The van der Waals surface area contributed by atoms with E-state index in [-0.39, 0.29) is 18.1 Å². The maximum atomic E-state index is 12.3. The molecule has 1 N–H and O–H groups in total. The number of anilines is 1. The first-order valence-electron chi connectivity index (χ1n) is 8.58. The number of aromatic nitrogens is 2. The molecule has 1 amide bonds. The number of thioether (sulfide) groups is 1. The highest BCUT2D eigenvalue weighted by Gasteiger charge is 2.13. The van der Waals surface area contributed by atoms with E-state index in [1.54, 1.807) is 18.2 Å². The molecule has 2 heterocycles. The van der Waals surface area contributed by atoms with Gasteiger partial charge < -0.3 is 5.32 Å². The Hall–Kier alpha value is -2.26. The van der Waals surface area contributed by atoms with Gasteiger partial charge in [0.15, 0.2) is 15.3 Å². The van der Waals surface area contributed by atoms with Gasteiger partial charge in [0.1, 0.15) is 0 Å². The summed E-state index contributed by atoms with van der Waals surface area (Å²) in [5.41, 5.74) is 2.16. The molecule has 0 aliphatic carbocycles. The second kappa shape index (κ2) is 9.04. The van der Waals surface area contributed by atoms with E-state index in [2.05, 4.69) is 15.3 Å². The van der Waals surface area contributed by atoms with Gasteiger partial charge in [-0.2, -0.15) is 0 Å². The van der Waals surface area contributed by atoms with E-state index in [9.17, 15) is 9.59 Å². The number of thiazole rings is 2. The number of nitrogens with one attached hydrogen (secondary N) is 1. The molecule has 0 saturated carbocycles. The molecule has 4 rings (SSSR count). The van der Waals surface area contributed by atoms with E-state index < -0.39 is 0 Å². The van der Waals surface area contributed by atoms with Crippen LogP contribution in [0.25, 0.3) is 10.2 Å². The lowest BCUT2D eigenvalue weighted by Crippen LogP contribution is -2.14. The first kappa shape index (κ1) is 20.0. The first-order chi connectivity index (χ1) is 14.1. The first-order valence-corrected chi connectivity index (χ1v) is 11.6. The Labute approximate surface area is 184 Å². The fraction of sp³-hybridized carbons (Fsp3) is 0.100. The third-order valence-corrected chi connectivity index (χ3v) is 7.13. The fourth-order valence-electron chi connectivity index (χ4n) is 2.55. The second-order valence-corrected chi connectivity index (χ2v) is 9.59. The number of amides is 1. The summed E-state index contributed by atoms with van der Waals surface area (Å²) in [5.74, 6) is 0.190. The molecule has 0 aliphatic rings. The Morgan fingerprint density at radius 1 is 1.10 bits per heavy atom. The van der Waals surface area contributed by atoms with Gasteiger partial charge in [-0.1, -0.05) is 65.0 Å². The Kier molecular flexibility index (Phi) is 6.25. The van der Waals surface area contributed by atoms with Gasteiger partial charge in [0, 0.05) is 16.0 Å². The maximum Gasteiger partial charge on any atom is 0.232 e. The molecule has 0 radical (unpaired) electrons. The zero-order chi connectivity index (χ0) is 20.2. The molecule has 0 saturated heterocycles. The summed E-state index contributed by atoms with van der Waals surface area (Å²) in [7, 11) is 0. The van der Waals surface area contributed by atoms with Crippen molar-refractivity contribution < 1.29 is 9.59 Å². The van der Waals surface area contributed by atoms with Gasteiger partial charge in [0.25, 0.3) is 0 Å². The minimum atomic E-state index is -0.183. The van der Waals surface area contributed by atoms with Gasteiger partial charge in [0.05, 0.1) is 28.1 Å². The van der Waals surface area contributed by atoms with Gasteiger partial charge in [-0.25, -0.2) is 9.97 Å². The molecule has 29 heavy (non-hydrogen) atoms. The Morgan fingerprint density at radius 3 is 2.76 bits per heavy atom. The summed E-state index contributed by atoms with van der Waals surface area (Å²) >= 11 is 10.2. The minimum Gasteiger partial charge on any atom is -0.302 e. The number of rotatable bonds is 7. The number of carbonyl (C=O) groups is 2. The maximum absolute atomic E-state index is 12.3. The number of benzene rings is 2. The lowest BCUT2D eigenvalue weighted by Gasteiger charge is -1.99. The van der Waals surface area contributed by atoms with Gasteiger partial charge in [-0.05, 0) is 18.2 Å². The van der Waals surface area contributed by atoms with Crippen LogP contribution in [0.1, 0.15) is 16.1 Å². The Balaban J connectivity index is 1.32. The number of halogens is 1. The standard InChI is InChI=1S/C20H14ClN3O2S3/c21-13-6-7-15-17(8-13)29-19(23-15)24-18(26)9-14-10-27-20(22-14)28-11-16(25)12-4-2-1-3-5-12/h1-8,10H,9,11H2,(H,23,24,26). The molecular weight excluding hydrogens is 446 g/mol. The minimum absolute atomic E-state index is 0.0565. The summed E-state index contributed by atoms with van der Waals surface area (Å²) in [6.45, 7) is 0. The summed E-state index contributed by atoms with van der Waals surface area (Å²) in [5, 5.41) is 5.82. The summed E-state index contributed by atoms with van der Waals surface area (Å²) in [6, 6.07) is 14.6. The van der Waals surface area contributed by atoms with E-state index in [1.807, 2.05) is 35.7 Å². The van der Waals surface area contributed by atoms with Crippen molar-refractivity contribution in [2.24, 2.45) is 0 Å². The molecule has 0 aliphatic heterocycles. The molecule has 0 bridgehead atoms. The number of Topliss-reactive ketones (excluding diaryl/α,β-unsaturated/α-hetero) is 1. The van der Waals surface area contributed by atoms with Crippen molar-refractivity contribution >= 4 is 73.1 Å². The Bertz CT molecular complexity index is 1170. The van der Waals surface area contributed by atoms with Gasteiger partial charge in [-0.3, -0.25) is 9.59 Å². The van der Waals surface area contributed by atoms with Gasteiger partial charge >= 0.3 is 0 Å². The van der Waals surface area contributed by atoms with Crippen molar-refractivity contribution in [2.75, 3.05) is 11.1 Å². The quantitative estimate of drug-likeness (QED) is 0.289. The van der Waals surface area contributed by atoms with Crippen LogP contribution in [0.15, 0.2) is 58.3 Å². The van der Waals surface area contributed by atoms with Crippen LogP contribution in [0, 0.1) is 0 Å². The third-order valence-electron chi connectivity index (χ3n) is 3.89. The topological polar surface area (TPSA) is 72.0 Å². The van der Waals surface area contributed by atoms with Crippen LogP contribution >= 0.6 is 46.0 Å². The SMILES string of the molecule is O=C(Cc1csc(SCC(=O)c2ccccc2)n1)Nc1nc2ccc(Cl)cc2s1. The van der Waals surface area contributed by atoms with E-state index in [1.165, 1.54) is 34.4 Å². The van der Waals surface area contributed by atoms with Gasteiger partial charge in [-0.15, -0.1) is 11.3 Å². The van der Waals surface area contributed by atoms with Gasteiger partial charge in [0.2, 0.25) is 5.91 Å². The number of ketones is 1. The number of hydrogen-bond acceptors (Lipinski definition) is 7. The van der Waals surface area contributed by atoms with Crippen LogP contribution < -0.4 is 5.32 Å². The molecule has 0 unspecified atom stereocenters. The van der Waals surface area contributed by atoms with Crippen molar-refractivity contribution in [3.63, 3.8) is 0 Å². The molecule has 9 heteroatoms. The number of hydrogen-bond donors (Lipinski definition) is 1. The monoisotopic (exact) mass is 459 g/mol. The molecular formula is C20H14ClN3O2S3. The smallest absolute Gasteiger partial charge is 0.232 e. The highest BCUT2D eigenvalue weighted by Crippen LogP contribution is 2.28. The fourth-order valence-corrected chi connectivity index (χ4v) is 5.45. The molecule has 0 atom stereocenters. The molecule has 0 spiro atoms. The number of nitrogens with zero attached hydrogens (tertiary/aromatic N) is 2. The van der Waals surface area contributed by atoms with Crippen LogP contribution in [0.3, 0.4) is 0 Å². The van der Waals surface area contributed by atoms with Crippen LogP contribution in [-0.2, 0) is 11.2 Å². The normalized spacial score (nSPS) is 10.9. The molecule has 2 aromatic carbocycles. The van der Waals surface area contributed by atoms with E-state index in [0.717, 1.165) is 14.6 Å². The predicted octanol–water partition coefficient (Wildman–Crippen LogP) is 5.56. The molecule has 0 fully saturated rings. The van der Waals surface area contributed by atoms with Crippen LogP contribution in [0.4, 0.5) is 5.13 Å². The summed E-state index contributed by atoms with van der Waals surface area (Å²) < 4.78 is 1.69. The van der Waals surface area contributed by atoms with Crippen molar-refractivity contribution in [3.8, 4) is 0 Å². The van der Waals surface area contributed by atoms with Crippen LogP contribution in [-0.4, -0.2) is 27.4 Å². The van der Waals surface area contributed by atoms with Crippen LogP contribution in [0.5, 0.6) is 0 Å².